The Kier molecular flexibility index (Phi) is 4.50. The summed E-state index contributed by atoms with van der Waals surface area (Å²) in [4.78, 5) is 0. The second-order valence-electron chi connectivity index (χ2n) is 10.1. The number of furan rings is 1. The van der Waals surface area contributed by atoms with Gasteiger partial charge in [-0.1, -0.05) is 103 Å². The highest BCUT2D eigenvalue weighted by Crippen LogP contribution is 2.40. The molecule has 1 aromatic heterocycles. The fraction of sp³-hybridized carbons (Fsp3) is 0.0270. The molecule has 0 saturated heterocycles. The minimum absolute atomic E-state index is 0.925. The first-order valence-electron chi connectivity index (χ1n) is 13.1. The predicted octanol–water partition coefficient (Wildman–Crippen LogP) is 10.7. The molecule has 8 aromatic rings. The lowest BCUT2D eigenvalue weighted by Gasteiger charge is -2.12. The SMILES string of the molecule is Cc1c(-c2ccccc2)ccc2oc3ccc(-c4ccc5c6ccccc6c6ccccc6c5c4)cc3c12. The fourth-order valence-corrected chi connectivity index (χ4v) is 6.24. The molecule has 0 radical (unpaired) electrons. The lowest BCUT2D eigenvalue weighted by atomic mass is 9.91. The Morgan fingerprint density at radius 2 is 0.921 bits per heavy atom. The van der Waals surface area contributed by atoms with Gasteiger partial charge in [0.2, 0.25) is 0 Å². The van der Waals surface area contributed by atoms with Crippen molar-refractivity contribution < 1.29 is 4.42 Å². The largest absolute Gasteiger partial charge is 0.456 e. The third kappa shape index (κ3) is 3.06. The number of hydrogen-bond acceptors (Lipinski definition) is 1. The van der Waals surface area contributed by atoms with Gasteiger partial charge >= 0.3 is 0 Å². The third-order valence-electron chi connectivity index (χ3n) is 8.06. The zero-order valence-electron chi connectivity index (χ0n) is 21.0. The fourth-order valence-electron chi connectivity index (χ4n) is 6.24. The molecule has 0 bridgehead atoms. The van der Waals surface area contributed by atoms with Crippen molar-refractivity contribution in [3.63, 3.8) is 0 Å². The van der Waals surface area contributed by atoms with Crippen molar-refractivity contribution >= 4 is 54.3 Å². The molecule has 7 aromatic carbocycles. The summed E-state index contributed by atoms with van der Waals surface area (Å²) < 4.78 is 6.29. The summed E-state index contributed by atoms with van der Waals surface area (Å²) in [5, 5.41) is 10.1. The van der Waals surface area contributed by atoms with Gasteiger partial charge in [-0.2, -0.15) is 0 Å². The number of fused-ring (bicyclic) bond motifs is 9. The molecular formula is C37H24O. The van der Waals surface area contributed by atoms with E-state index < -0.39 is 0 Å². The molecule has 8 rings (SSSR count). The first-order chi connectivity index (χ1) is 18.8. The minimum atomic E-state index is 0.925. The van der Waals surface area contributed by atoms with Crippen LogP contribution in [0.3, 0.4) is 0 Å². The number of benzene rings is 7. The highest BCUT2D eigenvalue weighted by atomic mass is 16.3. The van der Waals surface area contributed by atoms with Gasteiger partial charge < -0.3 is 4.42 Å². The highest BCUT2D eigenvalue weighted by molar-refractivity contribution is 6.25. The molecule has 0 atom stereocenters. The molecule has 0 spiro atoms. The molecule has 0 amide bonds. The Hall–Kier alpha value is -4.88. The Labute approximate surface area is 220 Å². The maximum atomic E-state index is 6.29. The van der Waals surface area contributed by atoms with Gasteiger partial charge in [0, 0.05) is 10.8 Å². The molecular weight excluding hydrogens is 460 g/mol. The van der Waals surface area contributed by atoms with E-state index in [0.717, 1.165) is 16.6 Å². The Bertz CT molecular complexity index is 2150. The molecule has 0 saturated carbocycles. The van der Waals surface area contributed by atoms with Gasteiger partial charge in [0.25, 0.3) is 0 Å². The molecule has 1 nitrogen and oxygen atoms in total. The number of aryl methyl sites for hydroxylation is 1. The summed E-state index contributed by atoms with van der Waals surface area (Å²) in [5.74, 6) is 0. The molecule has 1 heteroatoms. The first-order valence-corrected chi connectivity index (χ1v) is 13.1. The smallest absolute Gasteiger partial charge is 0.135 e. The van der Waals surface area contributed by atoms with Crippen molar-refractivity contribution in [1.82, 2.24) is 0 Å². The maximum Gasteiger partial charge on any atom is 0.135 e. The van der Waals surface area contributed by atoms with Gasteiger partial charge in [-0.05, 0) is 91.3 Å². The van der Waals surface area contributed by atoms with E-state index in [0.29, 0.717) is 0 Å². The lowest BCUT2D eigenvalue weighted by molar-refractivity contribution is 0.669. The zero-order chi connectivity index (χ0) is 25.2. The summed E-state index contributed by atoms with van der Waals surface area (Å²) in [7, 11) is 0. The van der Waals surface area contributed by atoms with Crippen LogP contribution >= 0.6 is 0 Å². The van der Waals surface area contributed by atoms with E-state index in [1.807, 2.05) is 0 Å². The number of hydrogen-bond donors (Lipinski definition) is 0. The topological polar surface area (TPSA) is 13.1 Å². The van der Waals surface area contributed by atoms with E-state index in [4.69, 9.17) is 4.42 Å². The van der Waals surface area contributed by atoms with Crippen molar-refractivity contribution in [3.05, 3.63) is 133 Å². The molecule has 178 valence electrons. The van der Waals surface area contributed by atoms with Crippen LogP contribution in [0.4, 0.5) is 0 Å². The summed E-state index contributed by atoms with van der Waals surface area (Å²) in [6.07, 6.45) is 0. The summed E-state index contributed by atoms with van der Waals surface area (Å²) >= 11 is 0. The quantitative estimate of drug-likeness (QED) is 0.222. The van der Waals surface area contributed by atoms with Gasteiger partial charge in [0.1, 0.15) is 11.2 Å². The van der Waals surface area contributed by atoms with E-state index >= 15 is 0 Å². The van der Waals surface area contributed by atoms with E-state index in [2.05, 4.69) is 134 Å². The molecule has 38 heavy (non-hydrogen) atoms. The molecule has 0 unspecified atom stereocenters. The Morgan fingerprint density at radius 1 is 0.395 bits per heavy atom. The molecule has 0 fully saturated rings. The van der Waals surface area contributed by atoms with Crippen molar-refractivity contribution in [2.45, 2.75) is 6.92 Å². The van der Waals surface area contributed by atoms with Gasteiger partial charge in [-0.25, -0.2) is 0 Å². The Morgan fingerprint density at radius 3 is 1.61 bits per heavy atom. The second-order valence-corrected chi connectivity index (χ2v) is 10.1. The molecule has 0 N–H and O–H groups in total. The van der Waals surface area contributed by atoms with E-state index in [1.165, 1.54) is 65.5 Å². The van der Waals surface area contributed by atoms with Gasteiger partial charge in [0.15, 0.2) is 0 Å². The van der Waals surface area contributed by atoms with Crippen LogP contribution < -0.4 is 0 Å². The average Bonchev–Trinajstić information content (AvgIpc) is 3.36. The standard InChI is InChI=1S/C37H24O/c1-23-27(24-9-3-2-4-10-24)18-20-36-37(23)34-22-26(16-19-35(34)38-36)25-15-17-32-30-13-6-5-11-28(30)29-12-7-8-14-31(29)33(32)21-25/h2-22H,1H3. The van der Waals surface area contributed by atoms with Crippen molar-refractivity contribution in [3.8, 4) is 22.3 Å². The van der Waals surface area contributed by atoms with Crippen LogP contribution in [0.5, 0.6) is 0 Å². The number of rotatable bonds is 2. The van der Waals surface area contributed by atoms with Crippen molar-refractivity contribution in [1.29, 1.82) is 0 Å². The van der Waals surface area contributed by atoms with Crippen LogP contribution in [0, 0.1) is 6.92 Å². The highest BCUT2D eigenvalue weighted by Gasteiger charge is 2.15. The lowest BCUT2D eigenvalue weighted by Crippen LogP contribution is -1.85. The van der Waals surface area contributed by atoms with Crippen LogP contribution in [-0.2, 0) is 0 Å². The van der Waals surface area contributed by atoms with Crippen LogP contribution in [0.2, 0.25) is 0 Å². The van der Waals surface area contributed by atoms with Gasteiger partial charge in [-0.15, -0.1) is 0 Å². The monoisotopic (exact) mass is 484 g/mol. The Balaban J connectivity index is 1.37. The maximum absolute atomic E-state index is 6.29. The third-order valence-corrected chi connectivity index (χ3v) is 8.06. The van der Waals surface area contributed by atoms with E-state index in [1.54, 1.807) is 0 Å². The summed E-state index contributed by atoms with van der Waals surface area (Å²) in [6.45, 7) is 2.21. The second kappa shape index (κ2) is 8.06. The first kappa shape index (κ1) is 21.2. The van der Waals surface area contributed by atoms with Gasteiger partial charge in [0.05, 0.1) is 0 Å². The zero-order valence-corrected chi connectivity index (χ0v) is 21.0. The van der Waals surface area contributed by atoms with E-state index in [9.17, 15) is 0 Å². The molecule has 0 aliphatic carbocycles. The van der Waals surface area contributed by atoms with Crippen LogP contribution in [-0.4, -0.2) is 0 Å². The summed E-state index contributed by atoms with van der Waals surface area (Å²) in [5.41, 5.74) is 8.00. The van der Waals surface area contributed by atoms with Crippen molar-refractivity contribution in [2.24, 2.45) is 0 Å². The van der Waals surface area contributed by atoms with Gasteiger partial charge in [-0.3, -0.25) is 0 Å². The molecule has 0 aliphatic rings. The van der Waals surface area contributed by atoms with Crippen molar-refractivity contribution in [2.75, 3.05) is 0 Å². The average molecular weight is 485 g/mol. The molecule has 0 aliphatic heterocycles. The minimum Gasteiger partial charge on any atom is -0.456 e. The van der Waals surface area contributed by atoms with Crippen LogP contribution in [0.25, 0.3) is 76.5 Å². The van der Waals surface area contributed by atoms with Crippen LogP contribution in [0.1, 0.15) is 5.56 Å². The normalized spacial score (nSPS) is 11.8. The van der Waals surface area contributed by atoms with Crippen LogP contribution in [0.15, 0.2) is 132 Å². The predicted molar refractivity (Wildman–Crippen MR) is 162 cm³/mol. The summed E-state index contributed by atoms with van der Waals surface area (Å²) in [6, 6.07) is 45.9. The van der Waals surface area contributed by atoms with E-state index in [-0.39, 0.29) is 0 Å². The molecule has 1 heterocycles.